The van der Waals surface area contributed by atoms with Crippen LogP contribution in [0.3, 0.4) is 0 Å². The number of halogens is 1. The number of thioether (sulfide) groups is 1. The molecule has 0 radical (unpaired) electrons. The van der Waals surface area contributed by atoms with Gasteiger partial charge in [0, 0.05) is 15.1 Å². The molecule has 114 valence electrons. The lowest BCUT2D eigenvalue weighted by molar-refractivity contribution is -0.123. The van der Waals surface area contributed by atoms with Crippen LogP contribution in [0.5, 0.6) is 5.75 Å². The second-order valence-electron chi connectivity index (χ2n) is 5.04. The quantitative estimate of drug-likeness (QED) is 0.868. The zero-order valence-corrected chi connectivity index (χ0v) is 14.3. The minimum absolute atomic E-state index is 0.0352. The smallest absolute Gasteiger partial charge is 0.258 e. The summed E-state index contributed by atoms with van der Waals surface area (Å²) in [6.07, 6.45) is 0.950. The van der Waals surface area contributed by atoms with Crippen LogP contribution in [0, 0.1) is 0 Å². The maximum atomic E-state index is 12.1. The molecule has 1 amide bonds. The Bertz CT molecular complexity index is 660. The summed E-state index contributed by atoms with van der Waals surface area (Å²) in [7, 11) is 0. The highest BCUT2D eigenvalue weighted by Gasteiger charge is 2.21. The molecule has 1 atom stereocenters. The van der Waals surface area contributed by atoms with E-state index in [9.17, 15) is 4.79 Å². The van der Waals surface area contributed by atoms with Gasteiger partial charge < -0.3 is 10.1 Å². The van der Waals surface area contributed by atoms with Crippen molar-refractivity contribution >= 4 is 33.6 Å². The molecule has 1 heterocycles. The summed E-state index contributed by atoms with van der Waals surface area (Å²) >= 11 is 5.21. The Labute approximate surface area is 142 Å². The molecule has 5 heteroatoms. The summed E-state index contributed by atoms with van der Waals surface area (Å²) in [5.74, 6) is 1.63. The first-order valence-electron chi connectivity index (χ1n) is 7.12. The molecule has 1 unspecified atom stereocenters. The third-order valence-corrected chi connectivity index (χ3v) is 5.13. The number of benzene rings is 2. The zero-order valence-electron chi connectivity index (χ0n) is 11.9. The maximum absolute atomic E-state index is 12.1. The minimum atomic E-state index is -0.0883. The van der Waals surface area contributed by atoms with E-state index in [0.29, 0.717) is 5.75 Å². The van der Waals surface area contributed by atoms with Gasteiger partial charge in [0.05, 0.1) is 6.04 Å². The molecule has 0 fully saturated rings. The molecule has 3 rings (SSSR count). The molecule has 2 aromatic rings. The molecule has 0 spiro atoms. The van der Waals surface area contributed by atoms with Crippen LogP contribution in [0.25, 0.3) is 0 Å². The summed E-state index contributed by atoms with van der Waals surface area (Å²) in [5.41, 5.74) is 1.20. The fraction of sp³-hybridized carbons (Fsp3) is 0.235. The number of hydrogen-bond donors (Lipinski definition) is 1. The maximum Gasteiger partial charge on any atom is 0.258 e. The Morgan fingerprint density at radius 2 is 2.00 bits per heavy atom. The Balaban J connectivity index is 1.57. The first kappa shape index (κ1) is 15.4. The molecule has 1 N–H and O–H groups in total. The lowest BCUT2D eigenvalue weighted by atomic mass is 10.0. The molecular weight excluding hydrogens is 362 g/mol. The van der Waals surface area contributed by atoms with Crippen LogP contribution in [0.2, 0.25) is 0 Å². The molecule has 3 nitrogen and oxygen atoms in total. The number of ether oxygens (including phenoxy) is 1. The lowest BCUT2D eigenvalue weighted by Crippen LogP contribution is -2.34. The van der Waals surface area contributed by atoms with Crippen molar-refractivity contribution in [2.24, 2.45) is 0 Å². The van der Waals surface area contributed by atoms with Crippen LogP contribution >= 0.6 is 27.7 Å². The van der Waals surface area contributed by atoms with E-state index in [2.05, 4.69) is 33.4 Å². The Morgan fingerprint density at radius 1 is 1.23 bits per heavy atom. The van der Waals surface area contributed by atoms with Crippen molar-refractivity contribution in [1.82, 2.24) is 5.32 Å². The minimum Gasteiger partial charge on any atom is -0.484 e. The average molecular weight is 378 g/mol. The van der Waals surface area contributed by atoms with Crippen LogP contribution < -0.4 is 10.1 Å². The van der Waals surface area contributed by atoms with Gasteiger partial charge in [-0.1, -0.05) is 34.1 Å². The molecule has 2 aromatic carbocycles. The van der Waals surface area contributed by atoms with Gasteiger partial charge in [0.15, 0.2) is 6.61 Å². The topological polar surface area (TPSA) is 38.3 Å². The Morgan fingerprint density at radius 3 is 2.82 bits per heavy atom. The molecule has 0 aromatic heterocycles. The van der Waals surface area contributed by atoms with Gasteiger partial charge in [-0.3, -0.25) is 4.79 Å². The highest BCUT2D eigenvalue weighted by Crippen LogP contribution is 2.35. The summed E-state index contributed by atoms with van der Waals surface area (Å²) in [5, 5.41) is 3.07. The molecule has 0 bridgehead atoms. The van der Waals surface area contributed by atoms with Gasteiger partial charge in [0.1, 0.15) is 5.75 Å². The third-order valence-electron chi connectivity index (χ3n) is 3.48. The van der Waals surface area contributed by atoms with Crippen LogP contribution in [0.15, 0.2) is 57.9 Å². The number of nitrogens with one attached hydrogen (secondary N) is 1. The second-order valence-corrected chi connectivity index (χ2v) is 7.09. The standard InChI is InChI=1S/C17H16BrNO2S/c18-12-5-7-13(8-6-12)21-11-17(20)19-15-9-10-22-16-4-2-1-3-14(15)16/h1-8,15H,9-11H2,(H,19,20). The molecule has 22 heavy (non-hydrogen) atoms. The number of rotatable bonds is 4. The van der Waals surface area contributed by atoms with Gasteiger partial charge in [-0.05, 0) is 42.3 Å². The number of carbonyl (C=O) groups is 1. The van der Waals surface area contributed by atoms with Gasteiger partial charge >= 0.3 is 0 Å². The van der Waals surface area contributed by atoms with Gasteiger partial charge in [0.2, 0.25) is 0 Å². The monoisotopic (exact) mass is 377 g/mol. The second kappa shape index (κ2) is 7.20. The largest absolute Gasteiger partial charge is 0.484 e. The zero-order chi connectivity index (χ0) is 15.4. The Kier molecular flexibility index (Phi) is 5.05. The van der Waals surface area contributed by atoms with Gasteiger partial charge in [-0.25, -0.2) is 0 Å². The molecule has 1 aliphatic heterocycles. The molecule has 0 aliphatic carbocycles. The van der Waals surface area contributed by atoms with Crippen LogP contribution in [-0.4, -0.2) is 18.3 Å². The lowest BCUT2D eigenvalue weighted by Gasteiger charge is -2.25. The summed E-state index contributed by atoms with van der Waals surface area (Å²) < 4.78 is 6.50. The predicted octanol–water partition coefficient (Wildman–Crippen LogP) is 4.18. The van der Waals surface area contributed by atoms with Gasteiger partial charge in [0.25, 0.3) is 5.91 Å². The van der Waals surface area contributed by atoms with Crippen molar-refractivity contribution in [1.29, 1.82) is 0 Å². The van der Waals surface area contributed by atoms with E-state index in [1.165, 1.54) is 10.5 Å². The molecule has 0 saturated heterocycles. The highest BCUT2D eigenvalue weighted by molar-refractivity contribution is 9.10. The van der Waals surface area contributed by atoms with Crippen molar-refractivity contribution in [3.8, 4) is 5.75 Å². The van der Waals surface area contributed by atoms with Crippen LogP contribution in [0.1, 0.15) is 18.0 Å². The van der Waals surface area contributed by atoms with Crippen LogP contribution in [-0.2, 0) is 4.79 Å². The molecule has 0 saturated carbocycles. The summed E-state index contributed by atoms with van der Waals surface area (Å²) in [6.45, 7) is 0.0352. The van der Waals surface area contributed by atoms with Crippen molar-refractivity contribution in [2.75, 3.05) is 12.4 Å². The molecule has 1 aliphatic rings. The average Bonchev–Trinajstić information content (AvgIpc) is 2.55. The van der Waals surface area contributed by atoms with Crippen molar-refractivity contribution in [3.63, 3.8) is 0 Å². The number of amides is 1. The van der Waals surface area contributed by atoms with Gasteiger partial charge in [-0.15, -0.1) is 11.8 Å². The summed E-state index contributed by atoms with van der Waals surface area (Å²) in [4.78, 5) is 13.4. The Hall–Kier alpha value is -1.46. The fourth-order valence-corrected chi connectivity index (χ4v) is 3.80. The highest BCUT2D eigenvalue weighted by atomic mass is 79.9. The van der Waals surface area contributed by atoms with E-state index in [1.807, 2.05) is 48.2 Å². The van der Waals surface area contributed by atoms with E-state index in [1.54, 1.807) is 0 Å². The third kappa shape index (κ3) is 3.84. The first-order valence-corrected chi connectivity index (χ1v) is 8.90. The predicted molar refractivity (Wildman–Crippen MR) is 92.3 cm³/mol. The van der Waals surface area contributed by atoms with E-state index in [-0.39, 0.29) is 18.6 Å². The number of fused-ring (bicyclic) bond motifs is 1. The van der Waals surface area contributed by atoms with E-state index in [4.69, 9.17) is 4.74 Å². The molecular formula is C17H16BrNO2S. The van der Waals surface area contributed by atoms with Crippen molar-refractivity contribution in [2.45, 2.75) is 17.4 Å². The van der Waals surface area contributed by atoms with Crippen molar-refractivity contribution < 1.29 is 9.53 Å². The van der Waals surface area contributed by atoms with E-state index < -0.39 is 0 Å². The van der Waals surface area contributed by atoms with Gasteiger partial charge in [-0.2, -0.15) is 0 Å². The van der Waals surface area contributed by atoms with Crippen molar-refractivity contribution in [3.05, 3.63) is 58.6 Å². The fourth-order valence-electron chi connectivity index (χ4n) is 2.41. The van der Waals surface area contributed by atoms with E-state index >= 15 is 0 Å². The SMILES string of the molecule is O=C(COc1ccc(Br)cc1)NC1CCSc2ccccc21. The number of carbonyl (C=O) groups excluding carboxylic acids is 1. The first-order chi connectivity index (χ1) is 10.7. The van der Waals surface area contributed by atoms with E-state index in [0.717, 1.165) is 16.6 Å². The summed E-state index contributed by atoms with van der Waals surface area (Å²) in [6, 6.07) is 15.8. The normalized spacial score (nSPS) is 16.7. The van der Waals surface area contributed by atoms with Crippen LogP contribution in [0.4, 0.5) is 0 Å². The number of hydrogen-bond acceptors (Lipinski definition) is 3.